The maximum Gasteiger partial charge on any atom is 0.230 e. The van der Waals surface area contributed by atoms with Crippen LogP contribution in [-0.2, 0) is 10.2 Å². The second-order valence-electron chi connectivity index (χ2n) is 8.15. The molecular formula is C22H25N5O. The smallest absolute Gasteiger partial charge is 0.230 e. The van der Waals surface area contributed by atoms with E-state index in [1.54, 1.807) is 6.07 Å². The van der Waals surface area contributed by atoms with Crippen LogP contribution in [0.3, 0.4) is 0 Å². The van der Waals surface area contributed by atoms with E-state index in [2.05, 4.69) is 58.5 Å². The fourth-order valence-corrected chi connectivity index (χ4v) is 3.92. The topological polar surface area (TPSA) is 81.9 Å². The first kappa shape index (κ1) is 18.4. The number of anilines is 1. The first-order valence-corrected chi connectivity index (χ1v) is 9.92. The third kappa shape index (κ3) is 3.45. The lowest BCUT2D eigenvalue weighted by Gasteiger charge is -2.21. The predicted octanol–water partition coefficient (Wildman–Crippen LogP) is 2.90. The van der Waals surface area contributed by atoms with Crippen molar-refractivity contribution in [3.05, 3.63) is 53.2 Å². The number of hydrogen-bond donors (Lipinski definition) is 1. The highest BCUT2D eigenvalue weighted by molar-refractivity contribution is 5.91. The van der Waals surface area contributed by atoms with E-state index in [9.17, 15) is 4.79 Å². The fourth-order valence-electron chi connectivity index (χ4n) is 3.92. The van der Waals surface area contributed by atoms with Gasteiger partial charge in [0, 0.05) is 19.1 Å². The van der Waals surface area contributed by atoms with Crippen LogP contribution >= 0.6 is 0 Å². The Hall–Kier alpha value is -2.94. The van der Waals surface area contributed by atoms with Gasteiger partial charge in [-0.25, -0.2) is 0 Å². The van der Waals surface area contributed by atoms with Crippen molar-refractivity contribution >= 4 is 11.7 Å². The first-order valence-electron chi connectivity index (χ1n) is 9.92. The molecule has 6 heteroatoms. The summed E-state index contributed by atoms with van der Waals surface area (Å²) in [4.78, 5) is 15.1. The molecule has 2 heterocycles. The Morgan fingerprint density at radius 3 is 2.54 bits per heavy atom. The van der Waals surface area contributed by atoms with Gasteiger partial charge in [-0.05, 0) is 48.4 Å². The minimum Gasteiger partial charge on any atom is -0.353 e. The van der Waals surface area contributed by atoms with Gasteiger partial charge < -0.3 is 10.2 Å². The van der Waals surface area contributed by atoms with Crippen LogP contribution in [0.1, 0.15) is 55.8 Å². The van der Waals surface area contributed by atoms with E-state index in [0.717, 1.165) is 37.2 Å². The number of nitrogens with one attached hydrogen (secondary N) is 1. The normalized spacial score (nSPS) is 20.1. The van der Waals surface area contributed by atoms with Crippen molar-refractivity contribution in [1.82, 2.24) is 15.5 Å². The standard InChI is InChI=1S/C22H25N5O/c1-15(2)16-3-5-17(6-4-16)22(10-11-22)21(28)24-19-9-12-27(14-19)20-8-7-18(13-23)25-26-20/h3-8,15,19H,9-12,14H2,1-2H3,(H,24,28)/t19-/m1/s1. The SMILES string of the molecule is CC(C)c1ccc(C2(C(=O)N[C@@H]3CCN(c4ccc(C#N)nn4)C3)CC2)cc1. The van der Waals surface area contributed by atoms with E-state index in [0.29, 0.717) is 18.2 Å². The molecule has 0 bridgehead atoms. The fraction of sp³-hybridized carbons (Fsp3) is 0.455. The van der Waals surface area contributed by atoms with Crippen LogP contribution in [-0.4, -0.2) is 35.2 Å². The molecule has 1 amide bonds. The number of carbonyl (C=O) groups excluding carboxylic acids is 1. The lowest BCUT2D eigenvalue weighted by Crippen LogP contribution is -2.43. The molecule has 0 spiro atoms. The number of carbonyl (C=O) groups is 1. The van der Waals surface area contributed by atoms with Crippen LogP contribution in [0.4, 0.5) is 5.82 Å². The monoisotopic (exact) mass is 375 g/mol. The molecule has 2 aromatic rings. The van der Waals surface area contributed by atoms with Gasteiger partial charge >= 0.3 is 0 Å². The molecule has 1 aliphatic carbocycles. The van der Waals surface area contributed by atoms with Crippen LogP contribution in [0.15, 0.2) is 36.4 Å². The van der Waals surface area contributed by atoms with Gasteiger partial charge in [-0.3, -0.25) is 4.79 Å². The highest BCUT2D eigenvalue weighted by Gasteiger charge is 2.51. The molecule has 1 saturated heterocycles. The van der Waals surface area contributed by atoms with Gasteiger partial charge in [0.25, 0.3) is 0 Å². The van der Waals surface area contributed by atoms with Crippen LogP contribution in [0.5, 0.6) is 0 Å². The number of nitriles is 1. The Balaban J connectivity index is 1.39. The van der Waals surface area contributed by atoms with Gasteiger partial charge in [-0.2, -0.15) is 5.26 Å². The maximum absolute atomic E-state index is 13.0. The zero-order valence-electron chi connectivity index (χ0n) is 16.4. The van der Waals surface area contributed by atoms with E-state index in [-0.39, 0.29) is 17.4 Å². The highest BCUT2D eigenvalue weighted by Crippen LogP contribution is 2.48. The summed E-state index contributed by atoms with van der Waals surface area (Å²) in [5.74, 6) is 1.39. The Bertz CT molecular complexity index is 894. The Morgan fingerprint density at radius 2 is 1.96 bits per heavy atom. The molecule has 6 nitrogen and oxygen atoms in total. The average Bonchev–Trinajstić information content (AvgIpc) is 3.41. The van der Waals surface area contributed by atoms with Gasteiger partial charge in [0.05, 0.1) is 5.41 Å². The summed E-state index contributed by atoms with van der Waals surface area (Å²) in [5, 5.41) is 20.1. The second-order valence-corrected chi connectivity index (χ2v) is 8.15. The molecular weight excluding hydrogens is 350 g/mol. The maximum atomic E-state index is 13.0. The van der Waals surface area contributed by atoms with E-state index in [4.69, 9.17) is 5.26 Å². The number of aromatic nitrogens is 2. The molecule has 1 aromatic carbocycles. The number of hydrogen-bond acceptors (Lipinski definition) is 5. The summed E-state index contributed by atoms with van der Waals surface area (Å²) in [5.41, 5.74) is 2.39. The van der Waals surface area contributed by atoms with Gasteiger partial charge in [0.1, 0.15) is 6.07 Å². The van der Waals surface area contributed by atoms with Gasteiger partial charge in [-0.1, -0.05) is 38.1 Å². The van der Waals surface area contributed by atoms with Crippen molar-refractivity contribution in [3.63, 3.8) is 0 Å². The molecule has 28 heavy (non-hydrogen) atoms. The number of amides is 1. The van der Waals surface area contributed by atoms with Crippen molar-refractivity contribution in [2.75, 3.05) is 18.0 Å². The largest absolute Gasteiger partial charge is 0.353 e. The van der Waals surface area contributed by atoms with Crippen molar-refractivity contribution in [3.8, 4) is 6.07 Å². The van der Waals surface area contributed by atoms with Crippen molar-refractivity contribution < 1.29 is 4.79 Å². The Labute approximate surface area is 165 Å². The van der Waals surface area contributed by atoms with Crippen LogP contribution in [0, 0.1) is 11.3 Å². The highest BCUT2D eigenvalue weighted by atomic mass is 16.2. The van der Waals surface area contributed by atoms with Crippen LogP contribution in [0.2, 0.25) is 0 Å². The number of benzene rings is 1. The third-order valence-corrected chi connectivity index (χ3v) is 5.93. The van der Waals surface area contributed by atoms with E-state index < -0.39 is 0 Å². The second kappa shape index (κ2) is 7.23. The minimum atomic E-state index is -0.350. The van der Waals surface area contributed by atoms with E-state index in [1.165, 1.54) is 5.56 Å². The molecule has 1 N–H and O–H groups in total. The first-order chi connectivity index (χ1) is 13.5. The Kier molecular flexibility index (Phi) is 4.76. The molecule has 0 radical (unpaired) electrons. The lowest BCUT2D eigenvalue weighted by atomic mass is 9.92. The average molecular weight is 375 g/mol. The number of rotatable bonds is 5. The summed E-state index contributed by atoms with van der Waals surface area (Å²) >= 11 is 0. The van der Waals surface area contributed by atoms with Crippen molar-refractivity contribution in [2.24, 2.45) is 0 Å². The Morgan fingerprint density at radius 1 is 1.21 bits per heavy atom. The third-order valence-electron chi connectivity index (χ3n) is 5.93. The molecule has 4 rings (SSSR count). The zero-order chi connectivity index (χ0) is 19.7. The quantitative estimate of drug-likeness (QED) is 0.869. The van der Waals surface area contributed by atoms with Crippen LogP contribution < -0.4 is 10.2 Å². The minimum absolute atomic E-state index is 0.109. The molecule has 1 atom stereocenters. The van der Waals surface area contributed by atoms with Crippen molar-refractivity contribution in [2.45, 2.75) is 50.5 Å². The van der Waals surface area contributed by atoms with E-state index >= 15 is 0 Å². The van der Waals surface area contributed by atoms with Gasteiger partial charge in [-0.15, -0.1) is 10.2 Å². The molecule has 1 saturated carbocycles. The van der Waals surface area contributed by atoms with Gasteiger partial charge in [0.15, 0.2) is 11.5 Å². The van der Waals surface area contributed by atoms with Gasteiger partial charge in [0.2, 0.25) is 5.91 Å². The molecule has 1 aromatic heterocycles. The molecule has 2 fully saturated rings. The zero-order valence-corrected chi connectivity index (χ0v) is 16.4. The van der Waals surface area contributed by atoms with E-state index in [1.807, 2.05) is 12.1 Å². The summed E-state index contributed by atoms with van der Waals surface area (Å²) < 4.78 is 0. The summed E-state index contributed by atoms with van der Waals surface area (Å²) in [6.07, 6.45) is 2.71. The van der Waals surface area contributed by atoms with Crippen molar-refractivity contribution in [1.29, 1.82) is 5.26 Å². The number of nitrogens with zero attached hydrogens (tertiary/aromatic N) is 4. The predicted molar refractivity (Wildman–Crippen MR) is 107 cm³/mol. The summed E-state index contributed by atoms with van der Waals surface area (Å²) in [7, 11) is 0. The molecule has 144 valence electrons. The van der Waals surface area contributed by atoms with Crippen LogP contribution in [0.25, 0.3) is 0 Å². The lowest BCUT2D eigenvalue weighted by molar-refractivity contribution is -0.124. The molecule has 0 unspecified atom stereocenters. The molecule has 2 aliphatic rings. The molecule has 1 aliphatic heterocycles. The summed E-state index contributed by atoms with van der Waals surface area (Å²) in [6.45, 7) is 5.90. The summed E-state index contributed by atoms with van der Waals surface area (Å²) in [6, 6.07) is 14.1.